The number of ether oxygens (including phenoxy) is 4. The van der Waals surface area contributed by atoms with Crippen molar-refractivity contribution in [1.82, 2.24) is 4.90 Å². The minimum atomic E-state index is -0.317. The van der Waals surface area contributed by atoms with Gasteiger partial charge in [-0.25, -0.2) is 4.39 Å². The quantitative estimate of drug-likeness (QED) is 0.777. The van der Waals surface area contributed by atoms with Crippen LogP contribution in [0.4, 0.5) is 4.39 Å². The number of carbonyl (C=O) groups is 1. The van der Waals surface area contributed by atoms with Gasteiger partial charge in [0.25, 0.3) is 5.91 Å². The highest BCUT2D eigenvalue weighted by Gasteiger charge is 2.26. The number of carbonyl (C=O) groups excluding carboxylic acids is 1. The van der Waals surface area contributed by atoms with E-state index in [9.17, 15) is 9.18 Å². The molecular weight excluding hydrogens is 353 g/mol. The predicted molar refractivity (Wildman–Crippen MR) is 97.1 cm³/mol. The van der Waals surface area contributed by atoms with Gasteiger partial charge in [-0.05, 0) is 42.5 Å². The molecule has 0 radical (unpaired) electrons. The Labute approximate surface area is 157 Å². The van der Waals surface area contributed by atoms with E-state index in [4.69, 9.17) is 18.9 Å². The number of benzene rings is 2. The largest absolute Gasteiger partial charge is 0.493 e. The van der Waals surface area contributed by atoms with E-state index in [2.05, 4.69) is 0 Å². The SMILES string of the molecule is COc1ccc(C(=O)N2CCOC(COc3ccc(F)cc3)C2)cc1OC. The Morgan fingerprint density at radius 2 is 1.89 bits per heavy atom. The third-order valence-electron chi connectivity index (χ3n) is 4.31. The molecule has 0 bridgehead atoms. The number of morpholine rings is 1. The lowest BCUT2D eigenvalue weighted by Crippen LogP contribution is -2.47. The highest BCUT2D eigenvalue weighted by Crippen LogP contribution is 2.28. The number of hydrogen-bond donors (Lipinski definition) is 0. The minimum Gasteiger partial charge on any atom is -0.493 e. The second kappa shape index (κ2) is 8.73. The van der Waals surface area contributed by atoms with Crippen molar-refractivity contribution in [2.75, 3.05) is 40.5 Å². The fourth-order valence-electron chi connectivity index (χ4n) is 2.88. The molecule has 1 aliphatic heterocycles. The molecule has 144 valence electrons. The van der Waals surface area contributed by atoms with Gasteiger partial charge in [-0.1, -0.05) is 0 Å². The highest BCUT2D eigenvalue weighted by atomic mass is 19.1. The van der Waals surface area contributed by atoms with Crippen LogP contribution >= 0.6 is 0 Å². The standard InChI is InChI=1S/C20H22FNO5/c1-24-18-8-3-14(11-19(18)25-2)20(23)22-9-10-26-17(12-22)13-27-16-6-4-15(21)5-7-16/h3-8,11,17H,9-10,12-13H2,1-2H3. The average molecular weight is 375 g/mol. The number of halogens is 1. The predicted octanol–water partition coefficient (Wildman–Crippen LogP) is 2.76. The second-order valence-corrected chi connectivity index (χ2v) is 6.08. The summed E-state index contributed by atoms with van der Waals surface area (Å²) >= 11 is 0. The second-order valence-electron chi connectivity index (χ2n) is 6.08. The molecule has 7 heteroatoms. The normalized spacial score (nSPS) is 16.7. The molecule has 0 spiro atoms. The number of methoxy groups -OCH3 is 2. The van der Waals surface area contributed by atoms with E-state index in [1.54, 1.807) is 42.3 Å². The van der Waals surface area contributed by atoms with Gasteiger partial charge in [0.05, 0.1) is 27.4 Å². The van der Waals surface area contributed by atoms with Gasteiger partial charge in [-0.2, -0.15) is 0 Å². The first-order chi connectivity index (χ1) is 13.1. The zero-order valence-electron chi connectivity index (χ0n) is 15.3. The summed E-state index contributed by atoms with van der Waals surface area (Å²) in [6.45, 7) is 1.62. The van der Waals surface area contributed by atoms with Crippen molar-refractivity contribution in [3.8, 4) is 17.2 Å². The molecule has 1 saturated heterocycles. The molecule has 0 N–H and O–H groups in total. The first kappa shape index (κ1) is 19.0. The molecule has 1 amide bonds. The first-order valence-corrected chi connectivity index (χ1v) is 8.62. The van der Waals surface area contributed by atoms with Crippen molar-refractivity contribution in [1.29, 1.82) is 0 Å². The number of rotatable bonds is 6. The molecule has 1 aliphatic rings. The summed E-state index contributed by atoms with van der Waals surface area (Å²) in [7, 11) is 3.08. The molecule has 2 aromatic carbocycles. The van der Waals surface area contributed by atoms with E-state index < -0.39 is 0 Å². The molecule has 27 heavy (non-hydrogen) atoms. The Morgan fingerprint density at radius 3 is 2.59 bits per heavy atom. The van der Waals surface area contributed by atoms with Crippen molar-refractivity contribution < 1.29 is 28.1 Å². The lowest BCUT2D eigenvalue weighted by atomic mass is 10.1. The molecule has 2 aromatic rings. The van der Waals surface area contributed by atoms with E-state index >= 15 is 0 Å². The summed E-state index contributed by atoms with van der Waals surface area (Å²) < 4.78 is 34.7. The van der Waals surface area contributed by atoms with Crippen LogP contribution in [0.1, 0.15) is 10.4 Å². The van der Waals surface area contributed by atoms with E-state index in [0.717, 1.165) is 0 Å². The summed E-state index contributed by atoms with van der Waals surface area (Å²) in [5, 5.41) is 0. The Kier molecular flexibility index (Phi) is 6.13. The lowest BCUT2D eigenvalue weighted by molar-refractivity contribution is -0.0401. The Balaban J connectivity index is 1.61. The lowest BCUT2D eigenvalue weighted by Gasteiger charge is -2.33. The molecule has 0 aromatic heterocycles. The molecular formula is C20H22FNO5. The van der Waals surface area contributed by atoms with Gasteiger partial charge in [0.2, 0.25) is 0 Å². The van der Waals surface area contributed by atoms with Crippen molar-refractivity contribution in [3.05, 3.63) is 53.8 Å². The van der Waals surface area contributed by atoms with Gasteiger partial charge in [0, 0.05) is 12.1 Å². The maximum Gasteiger partial charge on any atom is 0.254 e. The molecule has 0 aliphatic carbocycles. The minimum absolute atomic E-state index is 0.106. The number of nitrogens with zero attached hydrogens (tertiary/aromatic N) is 1. The summed E-state index contributed by atoms with van der Waals surface area (Å²) in [5.74, 6) is 1.21. The van der Waals surface area contributed by atoms with Crippen LogP contribution in [0.25, 0.3) is 0 Å². The summed E-state index contributed by atoms with van der Waals surface area (Å²) in [6, 6.07) is 10.9. The van der Waals surface area contributed by atoms with Crippen LogP contribution < -0.4 is 14.2 Å². The first-order valence-electron chi connectivity index (χ1n) is 8.62. The summed E-state index contributed by atoms with van der Waals surface area (Å²) in [4.78, 5) is 14.5. The van der Waals surface area contributed by atoms with Crippen LogP contribution in [0, 0.1) is 5.82 Å². The molecule has 6 nitrogen and oxygen atoms in total. The van der Waals surface area contributed by atoms with E-state index in [0.29, 0.717) is 42.5 Å². The molecule has 1 fully saturated rings. The zero-order valence-corrected chi connectivity index (χ0v) is 15.3. The Morgan fingerprint density at radius 1 is 1.15 bits per heavy atom. The summed E-state index contributed by atoms with van der Waals surface area (Å²) in [5.41, 5.74) is 0.521. The van der Waals surface area contributed by atoms with Gasteiger partial charge in [0.1, 0.15) is 24.3 Å². The van der Waals surface area contributed by atoms with Crippen LogP contribution in [0.2, 0.25) is 0 Å². The molecule has 1 atom stereocenters. The van der Waals surface area contributed by atoms with Gasteiger partial charge in [0.15, 0.2) is 11.5 Å². The van der Waals surface area contributed by atoms with Crippen LogP contribution in [-0.4, -0.2) is 57.4 Å². The van der Waals surface area contributed by atoms with Gasteiger partial charge in [-0.3, -0.25) is 4.79 Å². The third kappa shape index (κ3) is 4.68. The van der Waals surface area contributed by atoms with Crippen molar-refractivity contribution in [2.45, 2.75) is 6.10 Å². The molecule has 0 saturated carbocycles. The van der Waals surface area contributed by atoms with Gasteiger partial charge < -0.3 is 23.8 Å². The van der Waals surface area contributed by atoms with Crippen LogP contribution in [0.15, 0.2) is 42.5 Å². The monoisotopic (exact) mass is 375 g/mol. The van der Waals surface area contributed by atoms with Crippen LogP contribution in [-0.2, 0) is 4.74 Å². The Hall–Kier alpha value is -2.80. The fourth-order valence-corrected chi connectivity index (χ4v) is 2.88. The smallest absolute Gasteiger partial charge is 0.254 e. The number of amides is 1. The van der Waals surface area contributed by atoms with Crippen LogP contribution in [0.3, 0.4) is 0 Å². The Bertz CT molecular complexity index is 780. The summed E-state index contributed by atoms with van der Waals surface area (Å²) in [6.07, 6.45) is -0.257. The van der Waals surface area contributed by atoms with Crippen molar-refractivity contribution in [2.24, 2.45) is 0 Å². The van der Waals surface area contributed by atoms with Gasteiger partial charge in [-0.15, -0.1) is 0 Å². The molecule has 1 heterocycles. The topological polar surface area (TPSA) is 57.2 Å². The van der Waals surface area contributed by atoms with Crippen molar-refractivity contribution in [3.63, 3.8) is 0 Å². The van der Waals surface area contributed by atoms with E-state index in [1.165, 1.54) is 19.2 Å². The van der Waals surface area contributed by atoms with E-state index in [-0.39, 0.29) is 24.4 Å². The highest BCUT2D eigenvalue weighted by molar-refractivity contribution is 5.95. The maximum atomic E-state index is 12.9. The van der Waals surface area contributed by atoms with Gasteiger partial charge >= 0.3 is 0 Å². The van der Waals surface area contributed by atoms with Crippen LogP contribution in [0.5, 0.6) is 17.2 Å². The fraction of sp³-hybridized carbons (Fsp3) is 0.350. The number of hydrogen-bond acceptors (Lipinski definition) is 5. The zero-order chi connectivity index (χ0) is 19.2. The third-order valence-corrected chi connectivity index (χ3v) is 4.31. The average Bonchev–Trinajstić information content (AvgIpc) is 2.72. The van der Waals surface area contributed by atoms with Crippen molar-refractivity contribution >= 4 is 5.91 Å². The molecule has 3 rings (SSSR count). The van der Waals surface area contributed by atoms with E-state index in [1.807, 2.05) is 0 Å². The maximum absolute atomic E-state index is 12.9. The molecule has 1 unspecified atom stereocenters.